The van der Waals surface area contributed by atoms with Gasteiger partial charge in [0.2, 0.25) is 0 Å². The zero-order chi connectivity index (χ0) is 19.6. The van der Waals surface area contributed by atoms with Crippen LogP contribution in [0.2, 0.25) is 5.02 Å². The van der Waals surface area contributed by atoms with Crippen LogP contribution < -0.4 is 5.73 Å². The molecule has 0 aliphatic heterocycles. The van der Waals surface area contributed by atoms with Crippen molar-refractivity contribution in [3.8, 4) is 17.1 Å². The molecule has 1 heterocycles. The highest BCUT2D eigenvalue weighted by atomic mass is 35.5. The van der Waals surface area contributed by atoms with E-state index in [-0.39, 0.29) is 11.5 Å². The van der Waals surface area contributed by atoms with E-state index >= 15 is 0 Å². The van der Waals surface area contributed by atoms with Crippen molar-refractivity contribution in [2.24, 2.45) is 10.1 Å². The molecule has 1 aromatic heterocycles. The molecule has 0 fully saturated rings. The Balaban J connectivity index is 2.16. The van der Waals surface area contributed by atoms with Crippen molar-refractivity contribution in [1.29, 1.82) is 0 Å². The van der Waals surface area contributed by atoms with Gasteiger partial charge in [-0.3, -0.25) is 4.57 Å². The van der Waals surface area contributed by atoms with E-state index in [1.807, 2.05) is 47.0 Å². The van der Waals surface area contributed by atoms with Crippen LogP contribution in [0.15, 0.2) is 65.2 Å². The van der Waals surface area contributed by atoms with Gasteiger partial charge in [-0.2, -0.15) is 12.7 Å². The van der Waals surface area contributed by atoms with Crippen LogP contribution in [0.4, 0.5) is 0 Å². The van der Waals surface area contributed by atoms with E-state index in [0.29, 0.717) is 10.8 Å². The second-order valence-corrected chi connectivity index (χ2v) is 8.14. The fraction of sp³-hybridized carbons (Fsp3) is 0.111. The first-order valence-corrected chi connectivity index (χ1v) is 9.74. The number of rotatable bonds is 5. The molecule has 9 heteroatoms. The number of hydrogen-bond donors (Lipinski definition) is 1. The molecular weight excluding hydrogens is 386 g/mol. The number of halogens is 1. The van der Waals surface area contributed by atoms with Crippen molar-refractivity contribution >= 4 is 27.6 Å². The minimum Gasteiger partial charge on any atom is -0.381 e. The maximum atomic E-state index is 12.0. The van der Waals surface area contributed by atoms with Crippen LogP contribution in [0.3, 0.4) is 0 Å². The summed E-state index contributed by atoms with van der Waals surface area (Å²) in [7, 11) is -1.09. The van der Waals surface area contributed by atoms with Crippen LogP contribution in [0.5, 0.6) is 0 Å². The van der Waals surface area contributed by atoms with E-state index in [1.54, 1.807) is 18.3 Å². The van der Waals surface area contributed by atoms with Gasteiger partial charge in [0.05, 0.1) is 0 Å². The van der Waals surface area contributed by atoms with Gasteiger partial charge >= 0.3 is 10.2 Å². The average Bonchev–Trinajstić information content (AvgIpc) is 3.08. The highest BCUT2D eigenvalue weighted by molar-refractivity contribution is 7.87. The first-order chi connectivity index (χ1) is 12.8. The molecule has 3 aromatic rings. The second kappa shape index (κ2) is 7.51. The number of amidine groups is 1. The number of nitrogens with zero attached hydrogens (tertiary/aromatic N) is 4. The highest BCUT2D eigenvalue weighted by Gasteiger charge is 2.18. The van der Waals surface area contributed by atoms with Gasteiger partial charge in [-0.1, -0.05) is 29.8 Å². The Morgan fingerprint density at radius 1 is 1.11 bits per heavy atom. The summed E-state index contributed by atoms with van der Waals surface area (Å²) >= 11 is 5.98. The summed E-state index contributed by atoms with van der Waals surface area (Å²) in [6, 6.07) is 16.7. The first kappa shape index (κ1) is 19.1. The van der Waals surface area contributed by atoms with Crippen LogP contribution in [0, 0.1) is 0 Å². The van der Waals surface area contributed by atoms with Crippen molar-refractivity contribution in [2.45, 2.75) is 0 Å². The molecular formula is C18H18ClN5O2S. The molecule has 0 aliphatic rings. The lowest BCUT2D eigenvalue weighted by Gasteiger charge is -2.07. The molecule has 0 saturated carbocycles. The van der Waals surface area contributed by atoms with Crippen LogP contribution in [-0.4, -0.2) is 42.2 Å². The van der Waals surface area contributed by atoms with Crippen LogP contribution in [0.1, 0.15) is 5.69 Å². The monoisotopic (exact) mass is 403 g/mol. The van der Waals surface area contributed by atoms with Crippen LogP contribution in [-0.2, 0) is 10.2 Å². The molecule has 2 N–H and O–H groups in total. The number of para-hydroxylation sites is 1. The van der Waals surface area contributed by atoms with E-state index in [1.165, 1.54) is 14.1 Å². The molecule has 0 atom stereocenters. The predicted octanol–water partition coefficient (Wildman–Crippen LogP) is 2.70. The van der Waals surface area contributed by atoms with Gasteiger partial charge < -0.3 is 5.73 Å². The van der Waals surface area contributed by atoms with E-state index in [9.17, 15) is 8.42 Å². The third-order valence-corrected chi connectivity index (χ3v) is 5.38. The Kier molecular flexibility index (Phi) is 5.31. The summed E-state index contributed by atoms with van der Waals surface area (Å²) in [5.74, 6) is 0.405. The van der Waals surface area contributed by atoms with E-state index in [0.717, 1.165) is 15.6 Å². The number of benzene rings is 2. The first-order valence-electron chi connectivity index (χ1n) is 7.97. The van der Waals surface area contributed by atoms with Gasteiger partial charge in [-0.15, -0.1) is 4.40 Å². The number of hydrogen-bond acceptors (Lipinski definition) is 3. The zero-order valence-electron chi connectivity index (χ0n) is 14.7. The van der Waals surface area contributed by atoms with E-state index in [4.69, 9.17) is 17.3 Å². The Bertz CT molecular complexity index is 1070. The lowest BCUT2D eigenvalue weighted by atomic mass is 10.2. The summed E-state index contributed by atoms with van der Waals surface area (Å²) < 4.78 is 30.4. The van der Waals surface area contributed by atoms with Gasteiger partial charge in [0, 0.05) is 36.6 Å². The van der Waals surface area contributed by atoms with Gasteiger partial charge in [0.1, 0.15) is 11.5 Å². The lowest BCUT2D eigenvalue weighted by molar-refractivity contribution is 0.523. The molecule has 0 amide bonds. The minimum atomic E-state index is -3.85. The van der Waals surface area contributed by atoms with Gasteiger partial charge in [-0.25, -0.2) is 4.98 Å². The Morgan fingerprint density at radius 2 is 1.74 bits per heavy atom. The molecule has 7 nitrogen and oxygen atoms in total. The third kappa shape index (κ3) is 4.19. The second-order valence-electron chi connectivity index (χ2n) is 5.90. The molecule has 0 saturated heterocycles. The summed E-state index contributed by atoms with van der Waals surface area (Å²) in [5, 5.41) is 0.606. The maximum absolute atomic E-state index is 12.0. The lowest BCUT2D eigenvalue weighted by Crippen LogP contribution is -2.24. The minimum absolute atomic E-state index is 0.186. The SMILES string of the molecule is CN(C)S(=O)(=O)/N=C(\N)c1cn(-c2ccccc2)c(-c2ccc(Cl)cc2)n1. The Hall–Kier alpha value is -2.68. The summed E-state index contributed by atoms with van der Waals surface area (Å²) in [5.41, 5.74) is 7.84. The van der Waals surface area contributed by atoms with Crippen LogP contribution in [0.25, 0.3) is 17.1 Å². The molecule has 140 valence electrons. The van der Waals surface area contributed by atoms with Gasteiger partial charge in [0.25, 0.3) is 0 Å². The summed E-state index contributed by atoms with van der Waals surface area (Å²) in [4.78, 5) is 4.51. The maximum Gasteiger partial charge on any atom is 0.323 e. The molecule has 0 aliphatic carbocycles. The van der Waals surface area contributed by atoms with Gasteiger partial charge in [0.15, 0.2) is 5.84 Å². The highest BCUT2D eigenvalue weighted by Crippen LogP contribution is 2.24. The third-order valence-electron chi connectivity index (χ3n) is 3.78. The zero-order valence-corrected chi connectivity index (χ0v) is 16.3. The molecule has 0 spiro atoms. The topological polar surface area (TPSA) is 93.6 Å². The molecule has 0 unspecified atom stereocenters. The average molecular weight is 404 g/mol. The van der Waals surface area contributed by atoms with Crippen LogP contribution >= 0.6 is 11.6 Å². The van der Waals surface area contributed by atoms with Crippen molar-refractivity contribution in [3.63, 3.8) is 0 Å². The number of nitrogens with two attached hydrogens (primary N) is 1. The largest absolute Gasteiger partial charge is 0.381 e. The standard InChI is InChI=1S/C18H18ClN5O2S/c1-23(2)27(25,26)22-17(20)16-12-24(15-6-4-3-5-7-15)18(21-16)13-8-10-14(19)11-9-13/h3-12H,1-2H3,(H2,20,22). The predicted molar refractivity (Wildman–Crippen MR) is 107 cm³/mol. The van der Waals surface area contributed by atoms with Crippen molar-refractivity contribution < 1.29 is 8.42 Å². The molecule has 27 heavy (non-hydrogen) atoms. The normalized spacial score (nSPS) is 12.5. The molecule has 3 rings (SSSR count). The van der Waals surface area contributed by atoms with Crippen molar-refractivity contribution in [2.75, 3.05) is 14.1 Å². The Morgan fingerprint density at radius 3 is 2.33 bits per heavy atom. The Labute approximate surface area is 162 Å². The van der Waals surface area contributed by atoms with Crippen molar-refractivity contribution in [1.82, 2.24) is 13.9 Å². The smallest absolute Gasteiger partial charge is 0.323 e. The summed E-state index contributed by atoms with van der Waals surface area (Å²) in [6.07, 6.45) is 1.66. The van der Waals surface area contributed by atoms with E-state index in [2.05, 4.69) is 9.38 Å². The molecule has 0 radical (unpaired) electrons. The fourth-order valence-corrected chi connectivity index (χ4v) is 2.98. The van der Waals surface area contributed by atoms with Crippen molar-refractivity contribution in [3.05, 3.63) is 71.5 Å². The number of imidazole rings is 1. The summed E-state index contributed by atoms with van der Waals surface area (Å²) in [6.45, 7) is 0. The number of aromatic nitrogens is 2. The quantitative estimate of drug-likeness (QED) is 0.523. The van der Waals surface area contributed by atoms with Gasteiger partial charge in [-0.05, 0) is 36.4 Å². The molecule has 0 bridgehead atoms. The molecule has 2 aromatic carbocycles. The fourth-order valence-electron chi connectivity index (χ4n) is 2.34. The van der Waals surface area contributed by atoms with E-state index < -0.39 is 10.2 Å².